The van der Waals surface area contributed by atoms with Crippen molar-refractivity contribution < 1.29 is 19.1 Å². The van der Waals surface area contributed by atoms with Gasteiger partial charge < -0.3 is 9.84 Å². The lowest BCUT2D eigenvalue weighted by Crippen LogP contribution is -2.43. The fraction of sp³-hybridized carbons (Fsp3) is 0.150. The first-order valence-electron chi connectivity index (χ1n) is 14.9. The van der Waals surface area contributed by atoms with Gasteiger partial charge in [-0.1, -0.05) is 60.7 Å². The minimum Gasteiger partial charge on any atom is -0.456 e. The normalized spacial score (nSPS) is 19.5. The van der Waals surface area contributed by atoms with E-state index < -0.39 is 12.0 Å². The van der Waals surface area contributed by atoms with E-state index in [2.05, 4.69) is 31.2 Å². The standard InChI is InChI=1S/C40H33O4/c1-23-15-25(3)39-31(17-23)29(21-35(43-39)27-11-7-5-8-12-27)19-33-37(41)34(38(33)42)20-30-22-36(28-13-9-6-10-14-28)44-40-26(4)16-24(2)18-32(30)40/h5-22,33,37,41H,1-4H3/q+1/b29-19+,34-20+. The molecule has 2 atom stereocenters. The summed E-state index contributed by atoms with van der Waals surface area (Å²) in [6, 6.07) is 30.2. The largest absolute Gasteiger partial charge is 0.456 e. The molecule has 1 N–H and O–H groups in total. The first-order chi connectivity index (χ1) is 21.3. The van der Waals surface area contributed by atoms with Crippen molar-refractivity contribution in [3.8, 4) is 17.1 Å². The number of hydrogen-bond donors (Lipinski definition) is 1. The zero-order chi connectivity index (χ0) is 30.5. The number of carbonyl (C=O) groups excluding carboxylic acids is 1. The van der Waals surface area contributed by atoms with Gasteiger partial charge in [0.05, 0.1) is 34.6 Å². The lowest BCUT2D eigenvalue weighted by atomic mass is 9.73. The molecule has 1 aliphatic carbocycles. The maximum atomic E-state index is 13.7. The highest BCUT2D eigenvalue weighted by Crippen LogP contribution is 2.43. The van der Waals surface area contributed by atoms with Crippen LogP contribution < -0.4 is 4.74 Å². The zero-order valence-corrected chi connectivity index (χ0v) is 25.2. The predicted octanol–water partition coefficient (Wildman–Crippen LogP) is 9.07. The van der Waals surface area contributed by atoms with Gasteiger partial charge in [0.2, 0.25) is 0 Å². The van der Waals surface area contributed by atoms with E-state index in [0.29, 0.717) is 17.1 Å². The van der Waals surface area contributed by atoms with E-state index in [-0.39, 0.29) is 5.78 Å². The monoisotopic (exact) mass is 577 g/mol. The smallest absolute Gasteiger partial charge is 0.364 e. The molecule has 1 aromatic heterocycles. The van der Waals surface area contributed by atoms with Gasteiger partial charge in [0.15, 0.2) is 5.78 Å². The summed E-state index contributed by atoms with van der Waals surface area (Å²) in [6.45, 7) is 8.16. The fourth-order valence-electron chi connectivity index (χ4n) is 6.34. The Bertz CT molecular complexity index is 2050. The zero-order valence-electron chi connectivity index (χ0n) is 25.2. The minimum absolute atomic E-state index is 0.0864. The average Bonchev–Trinajstić information content (AvgIpc) is 3.03. The van der Waals surface area contributed by atoms with Crippen LogP contribution in [0.1, 0.15) is 38.9 Å². The summed E-state index contributed by atoms with van der Waals surface area (Å²) < 4.78 is 12.8. The molecule has 4 aromatic carbocycles. The predicted molar refractivity (Wildman–Crippen MR) is 177 cm³/mol. The maximum Gasteiger partial charge on any atom is 0.364 e. The Labute approximate surface area is 257 Å². The quantitative estimate of drug-likeness (QED) is 0.171. The minimum atomic E-state index is -0.931. The van der Waals surface area contributed by atoms with Gasteiger partial charge in [-0.05, 0) is 92.4 Å². The molecule has 1 aliphatic heterocycles. The van der Waals surface area contributed by atoms with Crippen LogP contribution in [0.25, 0.3) is 39.7 Å². The summed E-state index contributed by atoms with van der Waals surface area (Å²) in [7, 11) is 0. The van der Waals surface area contributed by atoms with E-state index in [1.54, 1.807) is 0 Å². The molecule has 0 amide bonds. The molecule has 2 unspecified atom stereocenters. The van der Waals surface area contributed by atoms with Crippen LogP contribution in [0.4, 0.5) is 0 Å². The van der Waals surface area contributed by atoms with Gasteiger partial charge in [0.1, 0.15) is 11.5 Å². The van der Waals surface area contributed by atoms with Gasteiger partial charge >= 0.3 is 11.3 Å². The summed E-state index contributed by atoms with van der Waals surface area (Å²) in [6.07, 6.45) is 4.78. The Morgan fingerprint density at radius 1 is 0.795 bits per heavy atom. The second kappa shape index (κ2) is 10.9. The number of aliphatic hydroxyl groups excluding tert-OH is 1. The first kappa shape index (κ1) is 27.8. The van der Waals surface area contributed by atoms with Crippen molar-refractivity contribution in [1.29, 1.82) is 0 Å². The second-order valence-electron chi connectivity index (χ2n) is 11.9. The Balaban J connectivity index is 1.31. The molecule has 0 radical (unpaired) electrons. The van der Waals surface area contributed by atoms with Crippen LogP contribution in [-0.4, -0.2) is 17.0 Å². The van der Waals surface area contributed by atoms with Crippen molar-refractivity contribution in [2.75, 3.05) is 0 Å². The number of ketones is 1. The number of allylic oxidation sites excluding steroid dienone is 2. The van der Waals surface area contributed by atoms with Gasteiger partial charge in [-0.25, -0.2) is 4.42 Å². The molecule has 7 rings (SSSR count). The van der Waals surface area contributed by atoms with Gasteiger partial charge in [-0.3, -0.25) is 4.79 Å². The van der Waals surface area contributed by atoms with Crippen LogP contribution in [0.2, 0.25) is 0 Å². The van der Waals surface area contributed by atoms with Crippen molar-refractivity contribution in [2.24, 2.45) is 5.92 Å². The molecule has 44 heavy (non-hydrogen) atoms. The molecule has 2 aliphatic rings. The molecule has 4 nitrogen and oxygen atoms in total. The Morgan fingerprint density at radius 3 is 2.16 bits per heavy atom. The molecular weight excluding hydrogens is 544 g/mol. The highest BCUT2D eigenvalue weighted by molar-refractivity contribution is 6.12. The topological polar surface area (TPSA) is 57.8 Å². The van der Waals surface area contributed by atoms with Crippen LogP contribution in [0, 0.1) is 33.6 Å². The highest BCUT2D eigenvalue weighted by Gasteiger charge is 2.43. The van der Waals surface area contributed by atoms with Gasteiger partial charge in [-0.2, -0.15) is 0 Å². The van der Waals surface area contributed by atoms with Crippen molar-refractivity contribution in [3.05, 3.63) is 148 Å². The number of aryl methyl sites for hydroxylation is 4. The maximum absolute atomic E-state index is 13.7. The number of fused-ring (bicyclic) bond motifs is 2. The molecule has 5 aromatic rings. The van der Waals surface area contributed by atoms with Gasteiger partial charge in [0, 0.05) is 22.3 Å². The molecular formula is C40H33O4+. The molecule has 216 valence electrons. The number of Topliss-reactive ketones (excluding diaryl/α,β-unsaturated/α-hetero) is 1. The molecule has 2 heterocycles. The number of hydrogen-bond acceptors (Lipinski definition) is 3. The summed E-state index contributed by atoms with van der Waals surface area (Å²) >= 11 is 0. The van der Waals surface area contributed by atoms with Gasteiger partial charge in [-0.15, -0.1) is 0 Å². The summed E-state index contributed by atoms with van der Waals surface area (Å²) in [5.74, 6) is 1.45. The van der Waals surface area contributed by atoms with E-state index in [4.69, 9.17) is 9.15 Å². The lowest BCUT2D eigenvalue weighted by Gasteiger charge is -2.33. The van der Waals surface area contributed by atoms with Crippen LogP contribution in [0.5, 0.6) is 5.75 Å². The van der Waals surface area contributed by atoms with Crippen LogP contribution >= 0.6 is 0 Å². The third-order valence-corrected chi connectivity index (χ3v) is 8.49. The SMILES string of the molecule is Cc1cc(C)c2c(c1)/C(=C/C1C(=O)/C(=C/c3cc(-c4ccccc4)[o+]c4c(C)cc(C)cc34)C1O)C=C(c1ccccc1)O2. The van der Waals surface area contributed by atoms with E-state index in [9.17, 15) is 9.90 Å². The molecule has 0 bridgehead atoms. The summed E-state index contributed by atoms with van der Waals surface area (Å²) in [5.41, 5.74) is 9.96. The Kier molecular flexibility index (Phi) is 6.87. The van der Waals surface area contributed by atoms with E-state index in [1.807, 2.05) is 106 Å². The second-order valence-corrected chi connectivity index (χ2v) is 11.9. The molecule has 4 heteroatoms. The fourth-order valence-corrected chi connectivity index (χ4v) is 6.34. The molecule has 0 spiro atoms. The number of benzene rings is 4. The van der Waals surface area contributed by atoms with Crippen molar-refractivity contribution >= 4 is 34.2 Å². The van der Waals surface area contributed by atoms with Crippen molar-refractivity contribution in [1.82, 2.24) is 0 Å². The first-order valence-corrected chi connectivity index (χ1v) is 14.9. The number of carbonyl (C=O) groups is 1. The van der Waals surface area contributed by atoms with E-state index in [0.717, 1.165) is 66.8 Å². The Hall–Kier alpha value is -5.06. The molecule has 1 saturated carbocycles. The van der Waals surface area contributed by atoms with E-state index >= 15 is 0 Å². The highest BCUT2D eigenvalue weighted by atomic mass is 16.5. The van der Waals surface area contributed by atoms with E-state index in [1.165, 1.54) is 0 Å². The summed E-state index contributed by atoms with van der Waals surface area (Å²) in [5, 5.41) is 12.3. The van der Waals surface area contributed by atoms with Gasteiger partial charge in [0.25, 0.3) is 0 Å². The molecule has 0 saturated heterocycles. The van der Waals surface area contributed by atoms with Crippen LogP contribution in [0.3, 0.4) is 0 Å². The number of rotatable bonds is 4. The lowest BCUT2D eigenvalue weighted by molar-refractivity contribution is -0.127. The van der Waals surface area contributed by atoms with Crippen molar-refractivity contribution in [2.45, 2.75) is 33.8 Å². The average molecular weight is 578 g/mol. The third-order valence-electron chi connectivity index (χ3n) is 8.49. The summed E-state index contributed by atoms with van der Waals surface area (Å²) in [4.78, 5) is 13.7. The Morgan fingerprint density at radius 2 is 1.45 bits per heavy atom. The van der Waals surface area contributed by atoms with Crippen LogP contribution in [0.15, 0.2) is 113 Å². The molecule has 1 fully saturated rings. The number of ether oxygens (including phenoxy) is 1. The van der Waals surface area contributed by atoms with Crippen molar-refractivity contribution in [3.63, 3.8) is 0 Å². The third kappa shape index (κ3) is 4.87. The van der Waals surface area contributed by atoms with Crippen LogP contribution in [-0.2, 0) is 4.79 Å². The number of aliphatic hydroxyl groups is 1.